The van der Waals surface area contributed by atoms with Crippen molar-refractivity contribution >= 4 is 10.8 Å². The van der Waals surface area contributed by atoms with E-state index in [0.717, 1.165) is 24.6 Å². The number of piperidine rings is 3. The third kappa shape index (κ3) is 3.26. The fourth-order valence-electron chi connectivity index (χ4n) is 2.76. The monoisotopic (exact) mass is 230 g/mol. The standard InChI is InChI=1S/C11H22N2OS/c1-15(14)8-2-5-12-11-9-13-6-3-10(11)4-7-13/h10-12H,2-9H2,1H3. The van der Waals surface area contributed by atoms with E-state index in [9.17, 15) is 4.21 Å². The lowest BCUT2D eigenvalue weighted by Gasteiger charge is -2.45. The molecule has 3 fully saturated rings. The molecular weight excluding hydrogens is 208 g/mol. The third-order valence-corrected chi connectivity index (χ3v) is 4.53. The highest BCUT2D eigenvalue weighted by Gasteiger charge is 2.33. The van der Waals surface area contributed by atoms with Crippen molar-refractivity contribution in [3.63, 3.8) is 0 Å². The maximum atomic E-state index is 10.9. The van der Waals surface area contributed by atoms with Crippen molar-refractivity contribution in [3.8, 4) is 0 Å². The SMILES string of the molecule is CS(=O)CCCNC1CN2CCC1CC2. The van der Waals surface area contributed by atoms with Crippen molar-refractivity contribution in [1.82, 2.24) is 10.2 Å². The molecule has 0 spiro atoms. The highest BCUT2D eigenvalue weighted by atomic mass is 32.2. The zero-order valence-corrected chi connectivity index (χ0v) is 10.4. The molecular formula is C11H22N2OS. The first-order chi connectivity index (χ1) is 7.25. The average molecular weight is 230 g/mol. The van der Waals surface area contributed by atoms with Crippen LogP contribution in [0.4, 0.5) is 0 Å². The van der Waals surface area contributed by atoms with E-state index < -0.39 is 10.8 Å². The van der Waals surface area contributed by atoms with E-state index in [0.29, 0.717) is 6.04 Å². The fraction of sp³-hybridized carbons (Fsp3) is 1.00. The molecule has 15 heavy (non-hydrogen) atoms. The van der Waals surface area contributed by atoms with Crippen molar-refractivity contribution < 1.29 is 4.21 Å². The second-order valence-corrected chi connectivity index (χ2v) is 6.38. The summed E-state index contributed by atoms with van der Waals surface area (Å²) in [5, 5.41) is 3.63. The molecule has 0 aromatic heterocycles. The van der Waals surface area contributed by atoms with E-state index in [1.165, 1.54) is 32.5 Å². The predicted octanol–water partition coefficient (Wildman–Crippen LogP) is 0.439. The van der Waals surface area contributed by atoms with Crippen molar-refractivity contribution in [2.75, 3.05) is 38.2 Å². The Morgan fingerprint density at radius 1 is 1.40 bits per heavy atom. The van der Waals surface area contributed by atoms with Crippen molar-refractivity contribution in [2.45, 2.75) is 25.3 Å². The second-order valence-electron chi connectivity index (χ2n) is 4.83. The second kappa shape index (κ2) is 5.41. The molecule has 2 bridgehead atoms. The predicted molar refractivity (Wildman–Crippen MR) is 64.5 cm³/mol. The van der Waals surface area contributed by atoms with Gasteiger partial charge in [0.25, 0.3) is 0 Å². The van der Waals surface area contributed by atoms with Crippen LogP contribution >= 0.6 is 0 Å². The minimum atomic E-state index is -0.624. The normalized spacial score (nSPS) is 36.7. The van der Waals surface area contributed by atoms with Crippen LogP contribution in [0.2, 0.25) is 0 Å². The summed E-state index contributed by atoms with van der Waals surface area (Å²) in [6.07, 6.45) is 5.58. The van der Waals surface area contributed by atoms with Crippen LogP contribution in [-0.2, 0) is 10.8 Å². The summed E-state index contributed by atoms with van der Waals surface area (Å²) in [5.41, 5.74) is 0. The van der Waals surface area contributed by atoms with Gasteiger partial charge >= 0.3 is 0 Å². The van der Waals surface area contributed by atoms with Crippen LogP contribution in [0, 0.1) is 5.92 Å². The summed E-state index contributed by atoms with van der Waals surface area (Å²) in [7, 11) is -0.624. The maximum Gasteiger partial charge on any atom is 0.0244 e. The molecule has 4 heteroatoms. The van der Waals surface area contributed by atoms with Crippen LogP contribution in [0.25, 0.3) is 0 Å². The molecule has 0 aliphatic carbocycles. The molecule has 3 nitrogen and oxygen atoms in total. The molecule has 0 saturated carbocycles. The molecule has 0 amide bonds. The molecule has 3 aliphatic heterocycles. The molecule has 0 radical (unpaired) electrons. The smallest absolute Gasteiger partial charge is 0.0244 e. The lowest BCUT2D eigenvalue weighted by molar-refractivity contribution is 0.0730. The van der Waals surface area contributed by atoms with Crippen LogP contribution in [0.5, 0.6) is 0 Å². The zero-order chi connectivity index (χ0) is 10.7. The Hall–Kier alpha value is 0.0700. The van der Waals surface area contributed by atoms with E-state index in [-0.39, 0.29) is 0 Å². The van der Waals surface area contributed by atoms with E-state index >= 15 is 0 Å². The molecule has 3 saturated heterocycles. The Morgan fingerprint density at radius 3 is 2.67 bits per heavy atom. The van der Waals surface area contributed by atoms with Gasteiger partial charge in [-0.05, 0) is 44.8 Å². The van der Waals surface area contributed by atoms with E-state index in [4.69, 9.17) is 0 Å². The molecule has 0 aromatic carbocycles. The van der Waals surface area contributed by atoms with Gasteiger partial charge < -0.3 is 10.2 Å². The maximum absolute atomic E-state index is 10.9. The van der Waals surface area contributed by atoms with Gasteiger partial charge in [0, 0.05) is 35.4 Å². The van der Waals surface area contributed by atoms with E-state index in [2.05, 4.69) is 10.2 Å². The minimum absolute atomic E-state index is 0.624. The van der Waals surface area contributed by atoms with Crippen LogP contribution in [-0.4, -0.2) is 53.3 Å². The van der Waals surface area contributed by atoms with Crippen LogP contribution in [0.1, 0.15) is 19.3 Å². The molecule has 3 aliphatic rings. The molecule has 1 N–H and O–H groups in total. The quantitative estimate of drug-likeness (QED) is 0.696. The van der Waals surface area contributed by atoms with Gasteiger partial charge in [-0.3, -0.25) is 4.21 Å². The number of rotatable bonds is 5. The van der Waals surface area contributed by atoms with Gasteiger partial charge in [-0.15, -0.1) is 0 Å². The summed E-state index contributed by atoms with van der Waals surface area (Å²) in [6, 6.07) is 0.706. The van der Waals surface area contributed by atoms with Gasteiger partial charge in [0.15, 0.2) is 0 Å². The number of hydrogen-bond donors (Lipinski definition) is 1. The van der Waals surface area contributed by atoms with Crippen LogP contribution < -0.4 is 5.32 Å². The molecule has 2 unspecified atom stereocenters. The van der Waals surface area contributed by atoms with Crippen molar-refractivity contribution in [2.24, 2.45) is 5.92 Å². The Kier molecular flexibility index (Phi) is 4.17. The Balaban J connectivity index is 1.65. The van der Waals surface area contributed by atoms with Crippen molar-refractivity contribution in [3.05, 3.63) is 0 Å². The van der Waals surface area contributed by atoms with Gasteiger partial charge in [-0.25, -0.2) is 0 Å². The van der Waals surface area contributed by atoms with Crippen molar-refractivity contribution in [1.29, 1.82) is 0 Å². The largest absolute Gasteiger partial charge is 0.312 e. The Morgan fingerprint density at radius 2 is 2.13 bits per heavy atom. The summed E-state index contributed by atoms with van der Waals surface area (Å²) in [5.74, 6) is 1.75. The minimum Gasteiger partial charge on any atom is -0.312 e. The molecule has 3 heterocycles. The van der Waals surface area contributed by atoms with Gasteiger partial charge in [0.2, 0.25) is 0 Å². The first-order valence-corrected chi connectivity index (χ1v) is 7.74. The molecule has 3 rings (SSSR count). The average Bonchev–Trinajstić information content (AvgIpc) is 2.26. The number of nitrogens with zero attached hydrogens (tertiary/aromatic N) is 1. The number of hydrogen-bond acceptors (Lipinski definition) is 3. The van der Waals surface area contributed by atoms with Crippen LogP contribution in [0.3, 0.4) is 0 Å². The van der Waals surface area contributed by atoms with Gasteiger partial charge in [-0.1, -0.05) is 0 Å². The lowest BCUT2D eigenvalue weighted by atomic mass is 9.84. The van der Waals surface area contributed by atoms with E-state index in [1.807, 2.05) is 0 Å². The zero-order valence-electron chi connectivity index (χ0n) is 9.58. The summed E-state index contributed by atoms with van der Waals surface area (Å²) >= 11 is 0. The van der Waals surface area contributed by atoms with E-state index in [1.54, 1.807) is 6.26 Å². The van der Waals surface area contributed by atoms with Gasteiger partial charge in [0.1, 0.15) is 0 Å². The summed E-state index contributed by atoms with van der Waals surface area (Å²) < 4.78 is 10.9. The summed E-state index contributed by atoms with van der Waals surface area (Å²) in [4.78, 5) is 2.57. The molecule has 2 atom stereocenters. The highest BCUT2D eigenvalue weighted by Crippen LogP contribution is 2.27. The first-order valence-electron chi connectivity index (χ1n) is 6.01. The summed E-state index contributed by atoms with van der Waals surface area (Å²) in [6.45, 7) is 4.89. The Labute approximate surface area is 95.1 Å². The molecule has 0 aromatic rings. The first kappa shape index (κ1) is 11.6. The Bertz CT molecular complexity index is 227. The highest BCUT2D eigenvalue weighted by molar-refractivity contribution is 7.84. The van der Waals surface area contributed by atoms with Crippen LogP contribution in [0.15, 0.2) is 0 Å². The topological polar surface area (TPSA) is 32.3 Å². The number of nitrogens with one attached hydrogen (secondary N) is 1. The fourth-order valence-corrected chi connectivity index (χ4v) is 3.31. The van der Waals surface area contributed by atoms with Gasteiger partial charge in [0.05, 0.1) is 0 Å². The third-order valence-electron chi connectivity index (χ3n) is 3.67. The number of fused-ring (bicyclic) bond motifs is 3. The molecule has 88 valence electrons. The lowest BCUT2D eigenvalue weighted by Crippen LogP contribution is -2.56. The van der Waals surface area contributed by atoms with Gasteiger partial charge in [-0.2, -0.15) is 0 Å².